The van der Waals surface area contributed by atoms with Gasteiger partial charge in [0.15, 0.2) is 0 Å². The lowest BCUT2D eigenvalue weighted by atomic mass is 9.93. The number of esters is 1. The molecule has 1 aliphatic heterocycles. The third-order valence-electron chi connectivity index (χ3n) is 5.90. The summed E-state index contributed by atoms with van der Waals surface area (Å²) in [4.78, 5) is 40.5. The van der Waals surface area contributed by atoms with Gasteiger partial charge in [0.25, 0.3) is 0 Å². The molecule has 3 atom stereocenters. The molecule has 34 heavy (non-hydrogen) atoms. The van der Waals surface area contributed by atoms with Crippen LogP contribution in [0.1, 0.15) is 38.3 Å². The Hall–Kier alpha value is -2.84. The Morgan fingerprint density at radius 2 is 1.85 bits per heavy atom. The van der Waals surface area contributed by atoms with Gasteiger partial charge in [-0.05, 0) is 43.4 Å². The van der Waals surface area contributed by atoms with Crippen molar-refractivity contribution >= 4 is 29.9 Å². The van der Waals surface area contributed by atoms with Gasteiger partial charge in [-0.1, -0.05) is 54.6 Å². The number of hydrogen-bond acceptors (Lipinski definition) is 7. The minimum absolute atomic E-state index is 0.121. The van der Waals surface area contributed by atoms with E-state index >= 15 is 0 Å². The molecule has 0 aliphatic carbocycles. The third kappa shape index (κ3) is 6.61. The smallest absolute Gasteiger partial charge is 0.341 e. The monoisotopic (exact) mass is 486 g/mol. The maximum Gasteiger partial charge on any atom is 0.341 e. The van der Waals surface area contributed by atoms with E-state index in [0.717, 1.165) is 28.7 Å². The van der Waals surface area contributed by atoms with Crippen LogP contribution in [0.2, 0.25) is 0 Å². The summed E-state index contributed by atoms with van der Waals surface area (Å²) in [5.74, 6) is -1.26. The Morgan fingerprint density at radius 3 is 2.56 bits per heavy atom. The van der Waals surface area contributed by atoms with Crippen molar-refractivity contribution in [2.24, 2.45) is 0 Å². The summed E-state index contributed by atoms with van der Waals surface area (Å²) in [6.45, 7) is 3.95. The summed E-state index contributed by atoms with van der Waals surface area (Å²) in [6.07, 6.45) is 1.33. The van der Waals surface area contributed by atoms with E-state index in [0.29, 0.717) is 19.3 Å². The van der Waals surface area contributed by atoms with E-state index in [2.05, 4.69) is 5.32 Å². The minimum atomic E-state index is -0.800. The number of carbonyl (C=O) groups excluding carboxylic acids is 3. The highest BCUT2D eigenvalue weighted by Gasteiger charge is 2.38. The molecule has 0 aromatic heterocycles. The Labute approximate surface area is 206 Å². The molecule has 2 aromatic rings. The molecule has 0 spiro atoms. The Kier molecular flexibility index (Phi) is 8.98. The number of aryl methyl sites for hydroxylation is 1. The van der Waals surface area contributed by atoms with Crippen LogP contribution in [-0.4, -0.2) is 53.7 Å². The highest BCUT2D eigenvalue weighted by atomic mass is 32.2. The molecule has 0 saturated heterocycles. The van der Waals surface area contributed by atoms with Crippen LogP contribution in [0.5, 0.6) is 0 Å². The molecule has 182 valence electrons. The zero-order valence-corrected chi connectivity index (χ0v) is 20.4. The van der Waals surface area contributed by atoms with Crippen LogP contribution in [0.25, 0.3) is 0 Å². The molecular formula is C26H32N2O5S. The average molecular weight is 487 g/mol. The van der Waals surface area contributed by atoms with Crippen molar-refractivity contribution in [2.45, 2.75) is 57.8 Å². The van der Waals surface area contributed by atoms with E-state index in [-0.39, 0.29) is 25.3 Å². The van der Waals surface area contributed by atoms with Gasteiger partial charge in [-0.2, -0.15) is 0 Å². The Morgan fingerprint density at radius 1 is 1.15 bits per heavy atom. The summed E-state index contributed by atoms with van der Waals surface area (Å²) in [6, 6.07) is 15.3. The second-order valence-corrected chi connectivity index (χ2v) is 8.59. The van der Waals surface area contributed by atoms with E-state index in [9.17, 15) is 14.4 Å². The highest BCUT2D eigenvalue weighted by molar-refractivity contribution is 7.94. The van der Waals surface area contributed by atoms with Gasteiger partial charge >= 0.3 is 11.9 Å². The molecule has 1 heterocycles. The van der Waals surface area contributed by atoms with Gasteiger partial charge < -0.3 is 13.8 Å². The SMILES string of the molecule is [3H]CSOC(=O)[C@@H]1Cc2ccccc2CN1C(=O)[C@H](C)N[C@@H](CCc1ccccc1)C(=O)OCC. The number of nitrogens with zero attached hydrogens (tertiary/aromatic N) is 1. The van der Waals surface area contributed by atoms with E-state index in [1.165, 1.54) is 4.90 Å². The van der Waals surface area contributed by atoms with Crippen molar-refractivity contribution < 1.29 is 24.7 Å². The molecule has 0 saturated carbocycles. The lowest BCUT2D eigenvalue weighted by Crippen LogP contribution is -2.56. The number of rotatable bonds is 10. The van der Waals surface area contributed by atoms with Gasteiger partial charge in [-0.3, -0.25) is 14.9 Å². The molecule has 1 N–H and O–H groups in total. The number of amides is 1. The normalized spacial score (nSPS) is 17.2. The fraction of sp³-hybridized carbons (Fsp3) is 0.423. The van der Waals surface area contributed by atoms with Crippen molar-refractivity contribution in [2.75, 3.05) is 12.8 Å². The predicted molar refractivity (Wildman–Crippen MR) is 132 cm³/mol. The topological polar surface area (TPSA) is 84.9 Å². The first kappa shape index (κ1) is 24.3. The summed E-state index contributed by atoms with van der Waals surface area (Å²) >= 11 is 0.740. The molecule has 1 amide bonds. The number of carbonyl (C=O) groups is 3. The van der Waals surface area contributed by atoms with Gasteiger partial charge in [0.1, 0.15) is 12.1 Å². The van der Waals surface area contributed by atoms with Gasteiger partial charge in [0.05, 0.1) is 24.7 Å². The van der Waals surface area contributed by atoms with Crippen molar-refractivity contribution in [1.29, 1.82) is 0 Å². The fourth-order valence-corrected chi connectivity index (χ4v) is 4.40. The maximum absolute atomic E-state index is 13.5. The summed E-state index contributed by atoms with van der Waals surface area (Å²) in [7, 11) is 0. The maximum atomic E-state index is 13.5. The van der Waals surface area contributed by atoms with E-state index in [1.54, 1.807) is 13.8 Å². The van der Waals surface area contributed by atoms with Crippen LogP contribution >= 0.6 is 12.0 Å². The molecule has 0 bridgehead atoms. The standard InChI is InChI=1S/C26H32N2O5S/c1-4-32-25(30)22(15-14-19-10-6-5-7-11-19)27-18(2)24(29)28-17-21-13-9-8-12-20(21)16-23(28)26(31)33-34-3/h5-13,18,22-23,27H,4,14-17H2,1-3H3/t18-,22-,23-/m0/s1/i3T. The van der Waals surface area contributed by atoms with Gasteiger partial charge in [0, 0.05) is 20.6 Å². The predicted octanol–water partition coefficient (Wildman–Crippen LogP) is 3.30. The Balaban J connectivity index is 1.75. The second kappa shape index (κ2) is 12.6. The van der Waals surface area contributed by atoms with Crippen molar-refractivity contribution in [3.05, 3.63) is 71.3 Å². The van der Waals surface area contributed by atoms with Crippen LogP contribution in [0, 0.1) is 0 Å². The molecule has 8 heteroatoms. The zero-order valence-electron chi connectivity index (χ0n) is 20.6. The largest absolute Gasteiger partial charge is 0.465 e. The van der Waals surface area contributed by atoms with E-state index in [1.807, 2.05) is 54.6 Å². The molecule has 7 nitrogen and oxygen atoms in total. The summed E-state index contributed by atoms with van der Waals surface area (Å²) in [5, 5.41) is 3.14. The number of nitrogens with one attached hydrogen (secondary N) is 1. The third-order valence-corrected chi connectivity index (χ3v) is 6.18. The number of fused-ring (bicyclic) bond motifs is 1. The zero-order chi connectivity index (χ0) is 25.2. The second-order valence-electron chi connectivity index (χ2n) is 8.19. The lowest BCUT2D eigenvalue weighted by molar-refractivity contribution is -0.151. The summed E-state index contributed by atoms with van der Waals surface area (Å²) < 4.78 is 17.6. The van der Waals surface area contributed by atoms with Crippen LogP contribution in [0.15, 0.2) is 54.6 Å². The van der Waals surface area contributed by atoms with Gasteiger partial charge in [0.2, 0.25) is 5.91 Å². The number of hydrogen-bond donors (Lipinski definition) is 1. The van der Waals surface area contributed by atoms with Crippen LogP contribution in [-0.2, 0) is 42.7 Å². The number of ether oxygens (including phenoxy) is 1. The summed E-state index contributed by atoms with van der Waals surface area (Å²) in [5.41, 5.74) is 3.04. The first-order chi connectivity index (χ1) is 16.9. The molecule has 0 radical (unpaired) electrons. The molecule has 0 fully saturated rings. The Bertz CT molecular complexity index is 1010. The molecule has 0 unspecified atom stereocenters. The molecular weight excluding hydrogens is 452 g/mol. The van der Waals surface area contributed by atoms with Crippen LogP contribution in [0.3, 0.4) is 0 Å². The van der Waals surface area contributed by atoms with E-state index < -0.39 is 30.1 Å². The molecule has 1 aliphatic rings. The van der Waals surface area contributed by atoms with E-state index in [4.69, 9.17) is 10.3 Å². The van der Waals surface area contributed by atoms with Crippen LogP contribution in [0.4, 0.5) is 0 Å². The average Bonchev–Trinajstić information content (AvgIpc) is 2.88. The molecule has 2 aromatic carbocycles. The quantitative estimate of drug-likeness (QED) is 0.407. The first-order valence-corrected chi connectivity index (χ1v) is 12.3. The minimum Gasteiger partial charge on any atom is -0.465 e. The highest BCUT2D eigenvalue weighted by Crippen LogP contribution is 2.25. The number of benzene rings is 2. The first-order valence-electron chi connectivity index (χ1n) is 12.1. The van der Waals surface area contributed by atoms with Crippen molar-refractivity contribution in [1.82, 2.24) is 10.2 Å². The molecule has 3 rings (SSSR count). The van der Waals surface area contributed by atoms with Crippen LogP contribution < -0.4 is 5.32 Å². The lowest BCUT2D eigenvalue weighted by Gasteiger charge is -2.37. The van der Waals surface area contributed by atoms with Gasteiger partial charge in [-0.15, -0.1) is 0 Å². The van der Waals surface area contributed by atoms with Gasteiger partial charge in [-0.25, -0.2) is 4.79 Å². The fourth-order valence-electron chi connectivity index (χ4n) is 4.17. The van der Waals surface area contributed by atoms with Crippen molar-refractivity contribution in [3.8, 4) is 0 Å². The van der Waals surface area contributed by atoms with Crippen molar-refractivity contribution in [3.63, 3.8) is 0 Å².